The fourth-order valence-corrected chi connectivity index (χ4v) is 0.504. The second kappa shape index (κ2) is 3.59. The van der Waals surface area contributed by atoms with Crippen molar-refractivity contribution in [2.24, 2.45) is 5.41 Å². The molecule has 2 nitrogen and oxygen atoms in total. The van der Waals surface area contributed by atoms with Crippen LogP contribution in [0.15, 0.2) is 0 Å². The molecule has 60 valence electrons. The molecule has 0 aromatic heterocycles. The van der Waals surface area contributed by atoms with E-state index in [4.69, 9.17) is 0 Å². The Morgan fingerprint density at radius 3 is 2.20 bits per heavy atom. The largest absolute Gasteiger partial charge is 0.356 e. The minimum atomic E-state index is -0.241. The highest BCUT2D eigenvalue weighted by molar-refractivity contribution is 5.81. The van der Waals surface area contributed by atoms with Crippen LogP contribution in [0.3, 0.4) is 0 Å². The third kappa shape index (κ3) is 3.49. The van der Waals surface area contributed by atoms with E-state index in [0.29, 0.717) is 0 Å². The average Bonchev–Trinajstić information content (AvgIpc) is 1.80. The molecular formula is C8H17NO. The summed E-state index contributed by atoms with van der Waals surface area (Å²) in [5.74, 6) is 0.134. The maximum Gasteiger partial charge on any atom is 0.225 e. The number of nitrogens with one attached hydrogen (secondary N) is 1. The summed E-state index contributed by atoms with van der Waals surface area (Å²) < 4.78 is 0. The molecule has 1 amide bonds. The van der Waals surface area contributed by atoms with Gasteiger partial charge < -0.3 is 5.32 Å². The van der Waals surface area contributed by atoms with Crippen LogP contribution in [0.4, 0.5) is 0 Å². The van der Waals surface area contributed by atoms with Crippen molar-refractivity contribution in [2.45, 2.75) is 34.1 Å². The molecule has 0 rings (SSSR count). The van der Waals surface area contributed by atoms with E-state index in [1.807, 2.05) is 27.7 Å². The Labute approximate surface area is 63.0 Å². The highest BCUT2D eigenvalue weighted by atomic mass is 16.2. The zero-order valence-electron chi connectivity index (χ0n) is 7.32. The van der Waals surface area contributed by atoms with Gasteiger partial charge in [0.05, 0.1) is 0 Å². The Morgan fingerprint density at radius 1 is 1.40 bits per heavy atom. The normalized spacial score (nSPS) is 11.2. The third-order valence-corrected chi connectivity index (χ3v) is 1.22. The molecule has 0 aliphatic heterocycles. The van der Waals surface area contributed by atoms with Gasteiger partial charge in [0.25, 0.3) is 0 Å². The number of carbonyl (C=O) groups is 1. The highest BCUT2D eigenvalue weighted by Gasteiger charge is 2.19. The van der Waals surface area contributed by atoms with Crippen LogP contribution in [-0.4, -0.2) is 12.5 Å². The molecule has 0 aliphatic rings. The molecule has 0 aromatic rings. The van der Waals surface area contributed by atoms with Gasteiger partial charge in [-0.05, 0) is 6.42 Å². The zero-order chi connectivity index (χ0) is 8.20. The zero-order valence-corrected chi connectivity index (χ0v) is 7.32. The molecule has 0 radical (unpaired) electrons. The van der Waals surface area contributed by atoms with Gasteiger partial charge in [0, 0.05) is 12.0 Å². The van der Waals surface area contributed by atoms with Crippen molar-refractivity contribution in [3.63, 3.8) is 0 Å². The molecule has 10 heavy (non-hydrogen) atoms. The van der Waals surface area contributed by atoms with E-state index in [-0.39, 0.29) is 11.3 Å². The lowest BCUT2D eigenvalue weighted by Gasteiger charge is -2.16. The molecule has 1 N–H and O–H groups in total. The molecule has 0 spiro atoms. The summed E-state index contributed by atoms with van der Waals surface area (Å²) in [7, 11) is 0. The minimum absolute atomic E-state index is 0.134. The number of hydrogen-bond acceptors (Lipinski definition) is 1. The van der Waals surface area contributed by atoms with Crippen LogP contribution in [0.1, 0.15) is 34.1 Å². The van der Waals surface area contributed by atoms with Gasteiger partial charge in [0.2, 0.25) is 5.91 Å². The van der Waals surface area contributed by atoms with Gasteiger partial charge in [-0.2, -0.15) is 0 Å². The monoisotopic (exact) mass is 143 g/mol. The first kappa shape index (κ1) is 9.47. The van der Waals surface area contributed by atoms with Crippen molar-refractivity contribution in [1.82, 2.24) is 5.32 Å². The lowest BCUT2D eigenvalue weighted by atomic mass is 9.96. The quantitative estimate of drug-likeness (QED) is 0.624. The van der Waals surface area contributed by atoms with E-state index in [0.717, 1.165) is 13.0 Å². The minimum Gasteiger partial charge on any atom is -0.356 e. The molecule has 0 heterocycles. The van der Waals surface area contributed by atoms with Crippen molar-refractivity contribution in [3.8, 4) is 0 Å². The van der Waals surface area contributed by atoms with Crippen molar-refractivity contribution >= 4 is 5.91 Å². The predicted octanol–water partition coefficient (Wildman–Crippen LogP) is 1.56. The Balaban J connectivity index is 3.64. The Bertz CT molecular complexity index is 113. The summed E-state index contributed by atoms with van der Waals surface area (Å²) in [4.78, 5) is 11.1. The first-order valence-electron chi connectivity index (χ1n) is 3.76. The summed E-state index contributed by atoms with van der Waals surface area (Å²) in [5.41, 5.74) is -0.241. The van der Waals surface area contributed by atoms with Crippen molar-refractivity contribution in [3.05, 3.63) is 0 Å². The van der Waals surface area contributed by atoms with E-state index in [1.54, 1.807) is 0 Å². The fourth-order valence-electron chi connectivity index (χ4n) is 0.504. The molecule has 2 heteroatoms. The fraction of sp³-hybridized carbons (Fsp3) is 0.875. The lowest BCUT2D eigenvalue weighted by molar-refractivity contribution is -0.128. The van der Waals surface area contributed by atoms with Gasteiger partial charge in [0.1, 0.15) is 0 Å². The molecular weight excluding hydrogens is 126 g/mol. The molecule has 0 atom stereocenters. The van der Waals surface area contributed by atoms with E-state index in [2.05, 4.69) is 5.32 Å². The first-order valence-corrected chi connectivity index (χ1v) is 3.76. The van der Waals surface area contributed by atoms with Crippen LogP contribution in [0.25, 0.3) is 0 Å². The van der Waals surface area contributed by atoms with Gasteiger partial charge in [-0.15, -0.1) is 0 Å². The van der Waals surface area contributed by atoms with Crippen LogP contribution in [0.2, 0.25) is 0 Å². The molecule has 0 saturated carbocycles. The van der Waals surface area contributed by atoms with Crippen LogP contribution < -0.4 is 5.32 Å². The van der Waals surface area contributed by atoms with Gasteiger partial charge in [-0.25, -0.2) is 0 Å². The molecule has 0 bridgehead atoms. The maximum absolute atomic E-state index is 11.1. The number of rotatable bonds is 2. The average molecular weight is 143 g/mol. The van der Waals surface area contributed by atoms with Gasteiger partial charge in [-0.1, -0.05) is 27.7 Å². The lowest BCUT2D eigenvalue weighted by Crippen LogP contribution is -2.35. The molecule has 0 unspecified atom stereocenters. The molecule has 0 saturated heterocycles. The van der Waals surface area contributed by atoms with Gasteiger partial charge >= 0.3 is 0 Å². The van der Waals surface area contributed by atoms with E-state index < -0.39 is 0 Å². The van der Waals surface area contributed by atoms with E-state index in [1.165, 1.54) is 0 Å². The van der Waals surface area contributed by atoms with Crippen molar-refractivity contribution in [1.29, 1.82) is 0 Å². The second-order valence-corrected chi connectivity index (χ2v) is 3.51. The van der Waals surface area contributed by atoms with Crippen LogP contribution in [0, 0.1) is 5.41 Å². The molecule has 0 fully saturated rings. The standard InChI is InChI=1S/C8H17NO/c1-5-6-9-7(10)8(2,3)4/h5-6H2,1-4H3,(H,9,10). The molecule has 0 aliphatic carbocycles. The maximum atomic E-state index is 11.1. The molecule has 0 aromatic carbocycles. The van der Waals surface area contributed by atoms with Crippen molar-refractivity contribution < 1.29 is 4.79 Å². The Hall–Kier alpha value is -0.530. The summed E-state index contributed by atoms with van der Waals surface area (Å²) >= 11 is 0. The van der Waals surface area contributed by atoms with Gasteiger partial charge in [-0.3, -0.25) is 4.79 Å². The SMILES string of the molecule is CCCNC(=O)C(C)(C)C. The second-order valence-electron chi connectivity index (χ2n) is 3.51. The topological polar surface area (TPSA) is 29.1 Å². The summed E-state index contributed by atoms with van der Waals surface area (Å²) in [6.07, 6.45) is 1.00. The van der Waals surface area contributed by atoms with Crippen LogP contribution in [-0.2, 0) is 4.79 Å². The summed E-state index contributed by atoms with van der Waals surface area (Å²) in [6, 6.07) is 0. The number of hydrogen-bond donors (Lipinski definition) is 1. The summed E-state index contributed by atoms with van der Waals surface area (Å²) in [6.45, 7) is 8.58. The van der Waals surface area contributed by atoms with E-state index >= 15 is 0 Å². The first-order chi connectivity index (χ1) is 4.48. The smallest absolute Gasteiger partial charge is 0.225 e. The van der Waals surface area contributed by atoms with Crippen LogP contribution in [0.5, 0.6) is 0 Å². The number of carbonyl (C=O) groups excluding carboxylic acids is 1. The highest BCUT2D eigenvalue weighted by Crippen LogP contribution is 2.11. The Kier molecular flexibility index (Phi) is 3.40. The number of amides is 1. The van der Waals surface area contributed by atoms with Gasteiger partial charge in [0.15, 0.2) is 0 Å². The van der Waals surface area contributed by atoms with E-state index in [9.17, 15) is 4.79 Å². The third-order valence-electron chi connectivity index (χ3n) is 1.22. The summed E-state index contributed by atoms with van der Waals surface area (Å²) in [5, 5.41) is 2.83. The van der Waals surface area contributed by atoms with Crippen LogP contribution >= 0.6 is 0 Å². The predicted molar refractivity (Wildman–Crippen MR) is 42.8 cm³/mol. The van der Waals surface area contributed by atoms with Crippen molar-refractivity contribution in [2.75, 3.05) is 6.54 Å². The Morgan fingerprint density at radius 2 is 1.90 bits per heavy atom.